The number of hydrogen-bond donors (Lipinski definition) is 1. The van der Waals surface area contributed by atoms with Crippen molar-refractivity contribution in [3.8, 4) is 0 Å². The third-order valence-corrected chi connectivity index (χ3v) is 4.89. The van der Waals surface area contributed by atoms with Crippen molar-refractivity contribution < 1.29 is 9.13 Å². The fraction of sp³-hybridized carbons (Fsp3) is 0.421. The molecule has 0 atom stereocenters. The molecule has 0 spiro atoms. The number of aryl methyl sites for hydroxylation is 1. The number of piperidine rings is 1. The van der Waals surface area contributed by atoms with Crippen LogP contribution >= 0.6 is 0 Å². The maximum atomic E-state index is 14.2. The number of fused-ring (bicyclic) bond motifs is 1. The summed E-state index contributed by atoms with van der Waals surface area (Å²) in [5, 5.41) is 7.80. The second-order valence-corrected chi connectivity index (χ2v) is 6.90. The lowest BCUT2D eigenvalue weighted by Crippen LogP contribution is -2.39. The predicted octanol–water partition coefficient (Wildman–Crippen LogP) is 2.80. The number of methoxy groups -OCH3 is 1. The van der Waals surface area contributed by atoms with Gasteiger partial charge in [0.05, 0.1) is 18.0 Å². The average molecular weight is 370 g/mol. The Morgan fingerprint density at radius 3 is 2.85 bits per heavy atom. The SMILES string of the molecule is COCc1cc(NC2CCN(c3cc(C)ccc3F)CC2)n2ncnc2n1. The van der Waals surface area contributed by atoms with Crippen LogP contribution in [0.2, 0.25) is 0 Å². The highest BCUT2D eigenvalue weighted by atomic mass is 19.1. The highest BCUT2D eigenvalue weighted by Gasteiger charge is 2.22. The van der Waals surface area contributed by atoms with E-state index < -0.39 is 0 Å². The van der Waals surface area contributed by atoms with Crippen LogP contribution in [0.1, 0.15) is 24.1 Å². The van der Waals surface area contributed by atoms with Gasteiger partial charge < -0.3 is 15.0 Å². The molecule has 1 aromatic carbocycles. The first-order valence-electron chi connectivity index (χ1n) is 9.10. The lowest BCUT2D eigenvalue weighted by atomic mass is 10.0. The van der Waals surface area contributed by atoms with Gasteiger partial charge in [0.1, 0.15) is 18.0 Å². The van der Waals surface area contributed by atoms with Gasteiger partial charge in [-0.25, -0.2) is 9.37 Å². The Kier molecular flexibility index (Phi) is 4.89. The predicted molar refractivity (Wildman–Crippen MR) is 101 cm³/mol. The van der Waals surface area contributed by atoms with Crippen LogP contribution < -0.4 is 10.2 Å². The Balaban J connectivity index is 1.47. The van der Waals surface area contributed by atoms with Crippen LogP contribution in [0.3, 0.4) is 0 Å². The summed E-state index contributed by atoms with van der Waals surface area (Å²) in [5.41, 5.74) is 2.57. The molecule has 1 saturated heterocycles. The zero-order valence-corrected chi connectivity index (χ0v) is 15.5. The average Bonchev–Trinajstić information content (AvgIpc) is 3.14. The number of rotatable bonds is 5. The summed E-state index contributed by atoms with van der Waals surface area (Å²) < 4.78 is 21.1. The molecule has 8 heteroatoms. The minimum absolute atomic E-state index is 0.158. The molecule has 0 bridgehead atoms. The zero-order chi connectivity index (χ0) is 18.8. The van der Waals surface area contributed by atoms with Crippen molar-refractivity contribution in [2.24, 2.45) is 0 Å². The van der Waals surface area contributed by atoms with E-state index in [-0.39, 0.29) is 11.9 Å². The first-order chi connectivity index (χ1) is 13.1. The van der Waals surface area contributed by atoms with Crippen LogP contribution in [0, 0.1) is 12.7 Å². The van der Waals surface area contributed by atoms with Crippen LogP contribution in [0.25, 0.3) is 5.78 Å². The minimum atomic E-state index is -0.158. The Morgan fingerprint density at radius 1 is 1.26 bits per heavy atom. The molecule has 4 rings (SSSR count). The molecule has 2 aromatic heterocycles. The standard InChI is InChI=1S/C19H23FN6O/c1-13-3-4-16(20)17(9-13)25-7-5-14(6-8-25)23-18-10-15(11-27-2)24-19-21-12-22-26(18)19/h3-4,9-10,12,14,23H,5-8,11H2,1-2H3. The number of nitrogens with zero attached hydrogens (tertiary/aromatic N) is 5. The quantitative estimate of drug-likeness (QED) is 0.745. The molecule has 1 N–H and O–H groups in total. The lowest BCUT2D eigenvalue weighted by Gasteiger charge is -2.34. The second kappa shape index (κ2) is 7.48. The van der Waals surface area contributed by atoms with Crippen molar-refractivity contribution in [3.63, 3.8) is 0 Å². The van der Waals surface area contributed by atoms with Crippen molar-refractivity contribution >= 4 is 17.3 Å². The number of halogens is 1. The van der Waals surface area contributed by atoms with Crippen LogP contribution in [0.15, 0.2) is 30.6 Å². The van der Waals surface area contributed by atoms with Crippen LogP contribution in [0.5, 0.6) is 0 Å². The Bertz CT molecular complexity index is 935. The first kappa shape index (κ1) is 17.7. The van der Waals surface area contributed by atoms with Crippen molar-refractivity contribution in [1.29, 1.82) is 0 Å². The van der Waals surface area contributed by atoms with Gasteiger partial charge in [-0.05, 0) is 37.5 Å². The van der Waals surface area contributed by atoms with E-state index in [1.807, 2.05) is 19.1 Å². The van der Waals surface area contributed by atoms with Gasteiger partial charge in [-0.15, -0.1) is 0 Å². The summed E-state index contributed by atoms with van der Waals surface area (Å²) in [6, 6.07) is 7.49. The molecular formula is C19H23FN6O. The lowest BCUT2D eigenvalue weighted by molar-refractivity contribution is 0.181. The number of nitrogens with one attached hydrogen (secondary N) is 1. The zero-order valence-electron chi connectivity index (χ0n) is 15.5. The molecule has 0 radical (unpaired) electrons. The van der Waals surface area contributed by atoms with Gasteiger partial charge in [-0.2, -0.15) is 14.6 Å². The van der Waals surface area contributed by atoms with E-state index in [0.29, 0.717) is 18.1 Å². The molecule has 3 heterocycles. The van der Waals surface area contributed by atoms with E-state index in [0.717, 1.165) is 43.0 Å². The molecule has 1 aliphatic heterocycles. The maximum absolute atomic E-state index is 14.2. The van der Waals surface area contributed by atoms with Gasteiger partial charge in [0.15, 0.2) is 0 Å². The van der Waals surface area contributed by atoms with E-state index in [1.165, 1.54) is 6.33 Å². The van der Waals surface area contributed by atoms with Gasteiger partial charge in [-0.1, -0.05) is 6.07 Å². The third-order valence-electron chi connectivity index (χ3n) is 4.89. The molecule has 0 saturated carbocycles. The van der Waals surface area contributed by atoms with Gasteiger partial charge in [0.2, 0.25) is 0 Å². The van der Waals surface area contributed by atoms with Crippen LogP contribution in [-0.4, -0.2) is 45.8 Å². The van der Waals surface area contributed by atoms with Gasteiger partial charge >= 0.3 is 0 Å². The fourth-order valence-electron chi connectivity index (χ4n) is 3.52. The van der Waals surface area contributed by atoms with Crippen LogP contribution in [0.4, 0.5) is 15.9 Å². The molecule has 0 amide bonds. The summed E-state index contributed by atoms with van der Waals surface area (Å²) in [4.78, 5) is 10.7. The van der Waals surface area contributed by atoms with E-state index in [1.54, 1.807) is 23.8 Å². The second-order valence-electron chi connectivity index (χ2n) is 6.90. The molecule has 7 nitrogen and oxygen atoms in total. The Morgan fingerprint density at radius 2 is 2.07 bits per heavy atom. The summed E-state index contributed by atoms with van der Waals surface area (Å²) in [7, 11) is 1.64. The van der Waals surface area contributed by atoms with Crippen molar-refractivity contribution in [2.45, 2.75) is 32.4 Å². The highest BCUT2D eigenvalue weighted by Crippen LogP contribution is 2.26. The molecule has 1 aliphatic rings. The van der Waals surface area contributed by atoms with Crippen LogP contribution in [-0.2, 0) is 11.3 Å². The molecule has 0 unspecified atom stereocenters. The van der Waals surface area contributed by atoms with E-state index in [9.17, 15) is 4.39 Å². The summed E-state index contributed by atoms with van der Waals surface area (Å²) in [6.07, 6.45) is 3.31. The number of benzene rings is 1. The smallest absolute Gasteiger partial charge is 0.254 e. The highest BCUT2D eigenvalue weighted by molar-refractivity contribution is 5.51. The molecule has 0 aliphatic carbocycles. The monoisotopic (exact) mass is 370 g/mol. The summed E-state index contributed by atoms with van der Waals surface area (Å²) in [5.74, 6) is 1.24. The molecule has 1 fully saturated rings. The minimum Gasteiger partial charge on any atom is -0.378 e. The molecular weight excluding hydrogens is 347 g/mol. The maximum Gasteiger partial charge on any atom is 0.254 e. The van der Waals surface area contributed by atoms with Crippen molar-refractivity contribution in [1.82, 2.24) is 19.6 Å². The van der Waals surface area contributed by atoms with E-state index in [4.69, 9.17) is 4.74 Å². The molecule has 142 valence electrons. The normalized spacial score (nSPS) is 15.4. The number of anilines is 2. The van der Waals surface area contributed by atoms with Gasteiger partial charge in [0, 0.05) is 32.3 Å². The molecule has 3 aromatic rings. The number of aromatic nitrogens is 4. The van der Waals surface area contributed by atoms with Gasteiger partial charge in [-0.3, -0.25) is 0 Å². The van der Waals surface area contributed by atoms with Crippen molar-refractivity contribution in [3.05, 3.63) is 47.7 Å². The van der Waals surface area contributed by atoms with Crippen molar-refractivity contribution in [2.75, 3.05) is 30.4 Å². The third kappa shape index (κ3) is 3.71. The summed E-state index contributed by atoms with van der Waals surface area (Å²) in [6.45, 7) is 4.01. The summed E-state index contributed by atoms with van der Waals surface area (Å²) >= 11 is 0. The van der Waals surface area contributed by atoms with Gasteiger partial charge in [0.25, 0.3) is 5.78 Å². The van der Waals surface area contributed by atoms with E-state index in [2.05, 4.69) is 25.3 Å². The number of ether oxygens (including phenoxy) is 1. The van der Waals surface area contributed by atoms with E-state index >= 15 is 0 Å². The largest absolute Gasteiger partial charge is 0.378 e. The fourth-order valence-corrected chi connectivity index (χ4v) is 3.52. The topological polar surface area (TPSA) is 67.6 Å². The number of hydrogen-bond acceptors (Lipinski definition) is 6. The first-order valence-corrected chi connectivity index (χ1v) is 9.10. The Labute approximate surface area is 157 Å². The molecule has 27 heavy (non-hydrogen) atoms. The Hall–Kier alpha value is -2.74.